The van der Waals surface area contributed by atoms with Gasteiger partial charge in [0.2, 0.25) is 0 Å². The first-order valence-electron chi connectivity index (χ1n) is 6.36. The molecule has 0 unspecified atom stereocenters. The van der Waals surface area contributed by atoms with Gasteiger partial charge < -0.3 is 11.1 Å². The Bertz CT molecular complexity index is 562. The summed E-state index contributed by atoms with van der Waals surface area (Å²) in [4.78, 5) is 11.1. The van der Waals surface area contributed by atoms with Crippen LogP contribution in [0.2, 0.25) is 0 Å². The van der Waals surface area contributed by atoms with Gasteiger partial charge in [0.15, 0.2) is 0 Å². The van der Waals surface area contributed by atoms with Crippen molar-refractivity contribution in [2.45, 2.75) is 19.9 Å². The lowest BCUT2D eigenvalue weighted by molar-refractivity contribution is 0.100. The zero-order valence-electron chi connectivity index (χ0n) is 11.0. The van der Waals surface area contributed by atoms with E-state index in [2.05, 4.69) is 17.3 Å². The van der Waals surface area contributed by atoms with E-state index in [9.17, 15) is 4.79 Å². The Hall–Kier alpha value is -2.14. The van der Waals surface area contributed by atoms with Crippen molar-refractivity contribution in [2.75, 3.05) is 6.54 Å². The molecule has 0 spiro atoms. The molecule has 0 radical (unpaired) electrons. The number of carbonyl (C=O) groups is 1. The number of hydrogen-bond donors (Lipinski definition) is 2. The summed E-state index contributed by atoms with van der Waals surface area (Å²) in [6, 6.07) is 7.96. The molecule has 0 fully saturated rings. The average molecular weight is 258 g/mol. The monoisotopic (exact) mass is 258 g/mol. The van der Waals surface area contributed by atoms with Crippen LogP contribution in [0.1, 0.15) is 29.3 Å². The number of hydrogen-bond acceptors (Lipinski definition) is 3. The van der Waals surface area contributed by atoms with Crippen molar-refractivity contribution >= 4 is 5.91 Å². The second kappa shape index (κ2) is 6.15. The fourth-order valence-electron chi connectivity index (χ4n) is 1.87. The van der Waals surface area contributed by atoms with Crippen molar-refractivity contribution in [3.05, 3.63) is 47.8 Å². The lowest BCUT2D eigenvalue weighted by Crippen LogP contribution is -2.15. The van der Waals surface area contributed by atoms with Crippen molar-refractivity contribution in [3.8, 4) is 5.69 Å². The first kappa shape index (κ1) is 13.3. The number of amides is 1. The normalized spacial score (nSPS) is 10.6. The maximum Gasteiger partial charge on any atom is 0.251 e. The van der Waals surface area contributed by atoms with E-state index in [1.54, 1.807) is 10.9 Å². The van der Waals surface area contributed by atoms with Gasteiger partial charge in [0.1, 0.15) is 0 Å². The topological polar surface area (TPSA) is 72.9 Å². The molecule has 2 aromatic rings. The lowest BCUT2D eigenvalue weighted by Gasteiger charge is -2.10. The molecule has 1 aromatic heterocycles. The summed E-state index contributed by atoms with van der Waals surface area (Å²) in [7, 11) is 0. The van der Waals surface area contributed by atoms with Gasteiger partial charge in [-0.1, -0.05) is 25.1 Å². The molecule has 5 nitrogen and oxygen atoms in total. The lowest BCUT2D eigenvalue weighted by atomic mass is 10.1. The molecule has 1 heterocycles. The minimum absolute atomic E-state index is 0.413. The number of rotatable bonds is 6. The van der Waals surface area contributed by atoms with Crippen molar-refractivity contribution in [2.24, 2.45) is 5.73 Å². The fraction of sp³-hybridized carbons (Fsp3) is 0.286. The van der Waals surface area contributed by atoms with Gasteiger partial charge >= 0.3 is 0 Å². The van der Waals surface area contributed by atoms with Gasteiger partial charge in [0.25, 0.3) is 5.91 Å². The molecule has 1 aromatic carbocycles. The van der Waals surface area contributed by atoms with Crippen LogP contribution in [0, 0.1) is 0 Å². The van der Waals surface area contributed by atoms with Gasteiger partial charge in [-0.25, -0.2) is 4.68 Å². The van der Waals surface area contributed by atoms with E-state index in [0.717, 1.165) is 30.8 Å². The van der Waals surface area contributed by atoms with Crippen LogP contribution in [0.5, 0.6) is 0 Å². The predicted molar refractivity (Wildman–Crippen MR) is 74.1 cm³/mol. The van der Waals surface area contributed by atoms with E-state index >= 15 is 0 Å². The van der Waals surface area contributed by atoms with Gasteiger partial charge in [-0.05, 0) is 24.6 Å². The Kier molecular flexibility index (Phi) is 4.30. The third-order valence-electron chi connectivity index (χ3n) is 2.85. The number of carbonyl (C=O) groups excluding carboxylic acids is 1. The summed E-state index contributed by atoms with van der Waals surface area (Å²) in [5.74, 6) is -0.465. The van der Waals surface area contributed by atoms with Gasteiger partial charge in [0, 0.05) is 12.7 Å². The molecule has 0 aliphatic heterocycles. The number of nitrogens with zero attached hydrogens (tertiary/aromatic N) is 2. The van der Waals surface area contributed by atoms with Crippen LogP contribution in [0.15, 0.2) is 36.7 Å². The first-order valence-corrected chi connectivity index (χ1v) is 6.36. The highest BCUT2D eigenvalue weighted by atomic mass is 16.1. The average Bonchev–Trinajstić information content (AvgIpc) is 2.89. The number of benzene rings is 1. The molecular formula is C14H18N4O. The van der Waals surface area contributed by atoms with Gasteiger partial charge in [0.05, 0.1) is 17.4 Å². The molecule has 5 heteroatoms. The minimum atomic E-state index is -0.465. The molecule has 3 N–H and O–H groups in total. The van der Waals surface area contributed by atoms with Crippen LogP contribution < -0.4 is 11.1 Å². The van der Waals surface area contributed by atoms with Gasteiger partial charge in [-0.15, -0.1) is 0 Å². The van der Waals surface area contributed by atoms with Crippen molar-refractivity contribution < 1.29 is 4.79 Å². The minimum Gasteiger partial charge on any atom is -0.366 e. The van der Waals surface area contributed by atoms with E-state index in [1.807, 2.05) is 24.3 Å². The van der Waals surface area contributed by atoms with Crippen LogP contribution in [0.25, 0.3) is 5.69 Å². The molecule has 19 heavy (non-hydrogen) atoms. The van der Waals surface area contributed by atoms with E-state index in [-0.39, 0.29) is 0 Å². The molecule has 0 saturated carbocycles. The number of para-hydroxylation sites is 1. The molecule has 2 rings (SSSR count). The molecule has 0 atom stereocenters. The summed E-state index contributed by atoms with van der Waals surface area (Å²) < 4.78 is 1.68. The Labute approximate surface area is 112 Å². The molecule has 0 bridgehead atoms. The molecule has 1 amide bonds. The van der Waals surface area contributed by atoms with Crippen LogP contribution >= 0.6 is 0 Å². The third kappa shape index (κ3) is 3.20. The summed E-state index contributed by atoms with van der Waals surface area (Å²) in [5, 5.41) is 7.54. The van der Waals surface area contributed by atoms with E-state index in [1.165, 1.54) is 6.20 Å². The SMILES string of the molecule is CCCNCc1ccccc1-n1cc(C(N)=O)cn1. The number of nitrogens with two attached hydrogens (primary N) is 1. The highest BCUT2D eigenvalue weighted by Crippen LogP contribution is 2.14. The summed E-state index contributed by atoms with van der Waals surface area (Å²) in [6.45, 7) is 3.88. The Morgan fingerprint density at radius 2 is 2.21 bits per heavy atom. The molecular weight excluding hydrogens is 240 g/mol. The smallest absolute Gasteiger partial charge is 0.251 e. The second-order valence-corrected chi connectivity index (χ2v) is 4.34. The molecule has 0 aliphatic rings. The molecule has 0 saturated heterocycles. The van der Waals surface area contributed by atoms with Crippen LogP contribution in [-0.4, -0.2) is 22.2 Å². The van der Waals surface area contributed by atoms with E-state index in [0.29, 0.717) is 5.56 Å². The fourth-order valence-corrected chi connectivity index (χ4v) is 1.87. The Balaban J connectivity index is 2.25. The second-order valence-electron chi connectivity index (χ2n) is 4.34. The van der Waals surface area contributed by atoms with Gasteiger partial charge in [-0.3, -0.25) is 4.79 Å². The zero-order chi connectivity index (χ0) is 13.7. The highest BCUT2D eigenvalue weighted by molar-refractivity contribution is 5.92. The van der Waals surface area contributed by atoms with E-state index in [4.69, 9.17) is 5.73 Å². The Morgan fingerprint density at radius 1 is 1.42 bits per heavy atom. The van der Waals surface area contributed by atoms with E-state index < -0.39 is 5.91 Å². The van der Waals surface area contributed by atoms with Crippen LogP contribution in [-0.2, 0) is 6.54 Å². The Morgan fingerprint density at radius 3 is 2.89 bits per heavy atom. The number of nitrogens with one attached hydrogen (secondary N) is 1. The standard InChI is InChI=1S/C14H18N4O/c1-2-7-16-8-11-5-3-4-6-13(11)18-10-12(9-17-18)14(15)19/h3-6,9-10,16H,2,7-8H2,1H3,(H2,15,19). The maximum atomic E-state index is 11.1. The van der Waals surface area contributed by atoms with Crippen molar-refractivity contribution in [1.29, 1.82) is 0 Å². The van der Waals surface area contributed by atoms with Crippen molar-refractivity contribution in [3.63, 3.8) is 0 Å². The number of aromatic nitrogens is 2. The number of primary amides is 1. The molecule has 100 valence electrons. The highest BCUT2D eigenvalue weighted by Gasteiger charge is 2.08. The summed E-state index contributed by atoms with van der Waals surface area (Å²) in [6.07, 6.45) is 4.23. The van der Waals surface area contributed by atoms with Crippen LogP contribution in [0.4, 0.5) is 0 Å². The maximum absolute atomic E-state index is 11.1. The van der Waals surface area contributed by atoms with Crippen LogP contribution in [0.3, 0.4) is 0 Å². The molecule has 0 aliphatic carbocycles. The van der Waals surface area contributed by atoms with Gasteiger partial charge in [-0.2, -0.15) is 5.10 Å². The zero-order valence-corrected chi connectivity index (χ0v) is 11.0. The van der Waals surface area contributed by atoms with Crippen molar-refractivity contribution in [1.82, 2.24) is 15.1 Å². The largest absolute Gasteiger partial charge is 0.366 e. The summed E-state index contributed by atoms with van der Waals surface area (Å²) >= 11 is 0. The first-order chi connectivity index (χ1) is 9.22. The third-order valence-corrected chi connectivity index (χ3v) is 2.85. The predicted octanol–water partition coefficient (Wildman–Crippen LogP) is 1.47. The summed E-state index contributed by atoms with van der Waals surface area (Å²) in [5.41, 5.74) is 7.74. The quantitative estimate of drug-likeness (QED) is 0.771.